The third kappa shape index (κ3) is 5.78. The van der Waals surface area contributed by atoms with E-state index in [1.807, 2.05) is 6.07 Å². The van der Waals surface area contributed by atoms with Crippen LogP contribution in [0.25, 0.3) is 0 Å². The second-order valence-electron chi connectivity index (χ2n) is 8.18. The largest absolute Gasteiger partial charge is 0.341 e. The monoisotopic (exact) mass is 528 g/mol. The number of nitrogens with one attached hydrogen (secondary N) is 1. The molecule has 1 aliphatic rings. The maximum absolute atomic E-state index is 12.6. The van der Waals surface area contributed by atoms with E-state index in [4.69, 9.17) is 0 Å². The van der Waals surface area contributed by atoms with Gasteiger partial charge >= 0.3 is 0 Å². The predicted octanol–water partition coefficient (Wildman–Crippen LogP) is 4.13. The first kappa shape index (κ1) is 23.4. The zero-order valence-corrected chi connectivity index (χ0v) is 20.6. The summed E-state index contributed by atoms with van der Waals surface area (Å²) >= 11 is 3.26. The van der Waals surface area contributed by atoms with E-state index in [0.717, 1.165) is 36.8 Å². The Morgan fingerprint density at radius 1 is 1.09 bits per heavy atom. The second-order valence-corrected chi connectivity index (χ2v) is 10.8. The quantitative estimate of drug-likeness (QED) is 0.517. The van der Waals surface area contributed by atoms with Gasteiger partial charge in [-0.3, -0.25) is 4.79 Å². The lowest BCUT2D eigenvalue weighted by Gasteiger charge is -2.32. The van der Waals surface area contributed by atoms with Gasteiger partial charge in [0.25, 0.3) is 15.9 Å². The number of carbonyl (C=O) groups excluding carboxylic acids is 1. The molecule has 0 bridgehead atoms. The van der Waals surface area contributed by atoms with Gasteiger partial charge in [-0.05, 0) is 61.9 Å². The summed E-state index contributed by atoms with van der Waals surface area (Å²) in [6, 6.07) is 16.6. The Kier molecular flexibility index (Phi) is 7.09. The smallest absolute Gasteiger partial charge is 0.268 e. The molecule has 172 valence electrons. The fraction of sp³-hybridized carbons (Fsp3) is 0.292. The minimum Gasteiger partial charge on any atom is -0.341 e. The van der Waals surface area contributed by atoms with Crippen LogP contribution in [0, 0.1) is 12.8 Å². The number of amides is 1. The number of hydrogen-bond donors (Lipinski definition) is 1. The molecule has 0 saturated carbocycles. The van der Waals surface area contributed by atoms with Crippen LogP contribution >= 0.6 is 15.9 Å². The van der Waals surface area contributed by atoms with E-state index in [1.54, 1.807) is 19.1 Å². The van der Waals surface area contributed by atoms with Gasteiger partial charge in [0.2, 0.25) is 5.95 Å². The molecule has 7 nitrogen and oxygen atoms in total. The number of nitrogens with zero attached hydrogens (tertiary/aromatic N) is 3. The molecule has 0 radical (unpaired) electrons. The number of aryl methyl sites for hydroxylation is 1. The van der Waals surface area contributed by atoms with E-state index in [1.165, 1.54) is 23.9 Å². The average Bonchev–Trinajstić information content (AvgIpc) is 2.80. The molecule has 1 N–H and O–H groups in total. The Hall–Kier alpha value is -2.78. The molecule has 33 heavy (non-hydrogen) atoms. The Morgan fingerprint density at radius 3 is 2.39 bits per heavy atom. The minimum absolute atomic E-state index is 0.00705. The van der Waals surface area contributed by atoms with Gasteiger partial charge in [-0.25, -0.2) is 23.1 Å². The molecular weight excluding hydrogens is 504 g/mol. The van der Waals surface area contributed by atoms with Crippen LogP contribution in [0.15, 0.2) is 70.2 Å². The van der Waals surface area contributed by atoms with Crippen LogP contribution in [-0.2, 0) is 16.4 Å². The van der Waals surface area contributed by atoms with Gasteiger partial charge < -0.3 is 4.90 Å². The topological polar surface area (TPSA) is 92.3 Å². The first-order chi connectivity index (χ1) is 15.8. The maximum atomic E-state index is 12.6. The van der Waals surface area contributed by atoms with Crippen molar-refractivity contribution in [2.45, 2.75) is 31.1 Å². The van der Waals surface area contributed by atoms with Gasteiger partial charge in [-0.15, -0.1) is 0 Å². The molecule has 1 aromatic heterocycles. The fourth-order valence-electron chi connectivity index (χ4n) is 3.96. The fourth-order valence-corrected chi connectivity index (χ4v) is 5.19. The van der Waals surface area contributed by atoms with Gasteiger partial charge in [0, 0.05) is 23.8 Å². The van der Waals surface area contributed by atoms with E-state index >= 15 is 0 Å². The highest BCUT2D eigenvalue weighted by Gasteiger charge is 2.24. The molecule has 0 aliphatic carbocycles. The number of rotatable bonds is 6. The Bertz CT molecular complexity index is 1230. The van der Waals surface area contributed by atoms with Crippen molar-refractivity contribution in [3.8, 4) is 0 Å². The molecule has 4 rings (SSSR count). The van der Waals surface area contributed by atoms with Gasteiger partial charge in [0.15, 0.2) is 0 Å². The predicted molar refractivity (Wildman–Crippen MR) is 131 cm³/mol. The lowest BCUT2D eigenvalue weighted by Crippen LogP contribution is -2.36. The molecule has 0 unspecified atom stereocenters. The molecule has 9 heteroatoms. The van der Waals surface area contributed by atoms with Crippen LogP contribution in [0.2, 0.25) is 0 Å². The molecular formula is C24H25BrN4O3S. The van der Waals surface area contributed by atoms with Gasteiger partial charge in [-0.1, -0.05) is 46.3 Å². The number of hydrogen-bond acceptors (Lipinski definition) is 6. The number of halogens is 1. The van der Waals surface area contributed by atoms with Gasteiger partial charge in [0.05, 0.1) is 16.2 Å². The van der Waals surface area contributed by atoms with Crippen molar-refractivity contribution >= 4 is 37.8 Å². The summed E-state index contributed by atoms with van der Waals surface area (Å²) in [4.78, 5) is 23.6. The van der Waals surface area contributed by atoms with Crippen molar-refractivity contribution in [3.63, 3.8) is 0 Å². The van der Waals surface area contributed by atoms with E-state index in [2.05, 4.69) is 59.8 Å². The molecule has 2 heterocycles. The first-order valence-corrected chi connectivity index (χ1v) is 13.0. The number of anilines is 1. The number of benzene rings is 2. The zero-order chi connectivity index (χ0) is 23.4. The average molecular weight is 529 g/mol. The summed E-state index contributed by atoms with van der Waals surface area (Å²) in [5, 5.41) is 0. The van der Waals surface area contributed by atoms with Crippen LogP contribution in [0.4, 0.5) is 5.95 Å². The maximum Gasteiger partial charge on any atom is 0.268 e. The minimum atomic E-state index is -3.99. The van der Waals surface area contributed by atoms with Crippen LogP contribution in [0.5, 0.6) is 0 Å². The molecule has 1 aliphatic heterocycles. The highest BCUT2D eigenvalue weighted by atomic mass is 79.9. The Balaban J connectivity index is 1.39. The van der Waals surface area contributed by atoms with Crippen LogP contribution in [-0.4, -0.2) is 37.4 Å². The van der Waals surface area contributed by atoms with E-state index < -0.39 is 15.9 Å². The number of piperidine rings is 1. The zero-order valence-electron chi connectivity index (χ0n) is 18.2. The highest BCUT2D eigenvalue weighted by molar-refractivity contribution is 9.10. The lowest BCUT2D eigenvalue weighted by atomic mass is 9.90. The van der Waals surface area contributed by atoms with Crippen molar-refractivity contribution in [2.24, 2.45) is 5.92 Å². The molecule has 2 aromatic carbocycles. The van der Waals surface area contributed by atoms with Crippen LogP contribution < -0.4 is 9.62 Å². The van der Waals surface area contributed by atoms with Crippen molar-refractivity contribution in [2.75, 3.05) is 18.0 Å². The van der Waals surface area contributed by atoms with Crippen molar-refractivity contribution < 1.29 is 13.2 Å². The van der Waals surface area contributed by atoms with E-state index in [0.29, 0.717) is 17.6 Å². The molecule has 0 spiro atoms. The summed E-state index contributed by atoms with van der Waals surface area (Å²) < 4.78 is 27.9. The summed E-state index contributed by atoms with van der Waals surface area (Å²) in [6.07, 6.45) is 4.57. The van der Waals surface area contributed by atoms with Gasteiger partial charge in [0.1, 0.15) is 0 Å². The number of carbonyl (C=O) groups is 1. The third-order valence-corrected chi connectivity index (χ3v) is 7.70. The van der Waals surface area contributed by atoms with Crippen molar-refractivity contribution in [3.05, 3.63) is 82.1 Å². The molecule has 1 amide bonds. The Morgan fingerprint density at radius 2 is 1.76 bits per heavy atom. The van der Waals surface area contributed by atoms with E-state index in [-0.39, 0.29) is 10.5 Å². The summed E-state index contributed by atoms with van der Waals surface area (Å²) in [5.74, 6) is 0.445. The van der Waals surface area contributed by atoms with Crippen LogP contribution in [0.3, 0.4) is 0 Å². The van der Waals surface area contributed by atoms with Crippen molar-refractivity contribution in [1.82, 2.24) is 14.7 Å². The van der Waals surface area contributed by atoms with Gasteiger partial charge in [-0.2, -0.15) is 0 Å². The lowest BCUT2D eigenvalue weighted by molar-refractivity contribution is 0.0980. The third-order valence-electron chi connectivity index (χ3n) is 5.83. The SMILES string of the molecule is Cc1nc(N2CCC(Cc3ccccc3)CC2)ncc1C(=O)NS(=O)(=O)c1ccc(Br)cc1. The molecule has 1 fully saturated rings. The van der Waals surface area contributed by atoms with Crippen LogP contribution in [0.1, 0.15) is 34.5 Å². The van der Waals surface area contributed by atoms with Crippen molar-refractivity contribution in [1.29, 1.82) is 0 Å². The summed E-state index contributed by atoms with van der Waals surface area (Å²) in [5.41, 5.74) is 1.94. The first-order valence-electron chi connectivity index (χ1n) is 10.8. The number of sulfonamides is 1. The Labute approximate surface area is 202 Å². The summed E-state index contributed by atoms with van der Waals surface area (Å²) in [7, 11) is -3.99. The van der Waals surface area contributed by atoms with E-state index in [9.17, 15) is 13.2 Å². The second kappa shape index (κ2) is 10.0. The molecule has 0 atom stereocenters. The highest BCUT2D eigenvalue weighted by Crippen LogP contribution is 2.24. The summed E-state index contributed by atoms with van der Waals surface area (Å²) in [6.45, 7) is 3.38. The normalized spacial score (nSPS) is 14.8. The molecule has 3 aromatic rings. The standard InChI is InChI=1S/C24H25BrN4O3S/c1-17-22(23(30)28-33(31,32)21-9-7-20(25)8-10-21)16-26-24(27-17)29-13-11-19(12-14-29)15-18-5-3-2-4-6-18/h2-10,16,19H,11-15H2,1H3,(H,28,30). The molecule has 1 saturated heterocycles. The number of aromatic nitrogens is 2.